The van der Waals surface area contributed by atoms with E-state index in [0.29, 0.717) is 5.56 Å². The van der Waals surface area contributed by atoms with Crippen LogP contribution >= 0.6 is 0 Å². The highest BCUT2D eigenvalue weighted by atomic mass is 32.2. The third-order valence-corrected chi connectivity index (χ3v) is 5.53. The zero-order valence-corrected chi connectivity index (χ0v) is 19.3. The molecule has 0 atom stereocenters. The van der Waals surface area contributed by atoms with Gasteiger partial charge in [-0.2, -0.15) is 0 Å². The van der Waals surface area contributed by atoms with Crippen molar-refractivity contribution in [1.82, 2.24) is 0 Å². The molecular formula is C23H19BF8O2S. The summed E-state index contributed by atoms with van der Waals surface area (Å²) in [5.41, 5.74) is 0.322. The lowest BCUT2D eigenvalue weighted by molar-refractivity contribution is 0.102. The highest BCUT2D eigenvalue weighted by Gasteiger charge is 2.37. The van der Waals surface area contributed by atoms with Crippen LogP contribution in [0.4, 0.5) is 34.9 Å². The van der Waals surface area contributed by atoms with Gasteiger partial charge in [0.05, 0.1) is 9.93 Å². The third kappa shape index (κ3) is 7.74. The molecule has 0 heterocycles. The van der Waals surface area contributed by atoms with E-state index in [9.17, 15) is 43.9 Å². The number of carbonyl (C=O) groups is 1. The summed E-state index contributed by atoms with van der Waals surface area (Å²) in [5.74, 6) is -13.5. The van der Waals surface area contributed by atoms with Gasteiger partial charge in [-0.25, -0.2) is 22.0 Å². The molecule has 0 aliphatic heterocycles. The van der Waals surface area contributed by atoms with E-state index in [4.69, 9.17) is 0 Å². The van der Waals surface area contributed by atoms with E-state index in [-0.39, 0.29) is 11.5 Å². The topological polar surface area (TPSA) is 34.1 Å². The van der Waals surface area contributed by atoms with Gasteiger partial charge in [-0.1, -0.05) is 54.6 Å². The van der Waals surface area contributed by atoms with Crippen LogP contribution in [-0.2, 0) is 20.6 Å². The summed E-state index contributed by atoms with van der Waals surface area (Å²) in [6, 6.07) is 17.8. The molecule has 0 radical (unpaired) electrons. The maximum atomic E-state index is 12.5. The Labute approximate surface area is 197 Å². The molecule has 0 N–H and O–H groups in total. The summed E-state index contributed by atoms with van der Waals surface area (Å²) in [4.78, 5) is 12.0. The first-order chi connectivity index (χ1) is 16.1. The molecule has 0 aromatic heterocycles. The van der Waals surface area contributed by atoms with Crippen molar-refractivity contribution in [3.63, 3.8) is 0 Å². The molecule has 0 bridgehead atoms. The summed E-state index contributed by atoms with van der Waals surface area (Å²) < 4.78 is 109. The Bertz CT molecular complexity index is 1210. The van der Waals surface area contributed by atoms with E-state index in [2.05, 4.69) is 12.1 Å². The second-order valence-electron chi connectivity index (χ2n) is 7.92. The van der Waals surface area contributed by atoms with Gasteiger partial charge in [-0.3, -0.25) is 4.79 Å². The van der Waals surface area contributed by atoms with Crippen molar-refractivity contribution in [2.75, 3.05) is 18.3 Å². The van der Waals surface area contributed by atoms with Crippen LogP contribution in [0, 0.1) is 29.1 Å². The minimum absolute atomic E-state index is 0.0498. The van der Waals surface area contributed by atoms with Crippen molar-refractivity contribution in [1.29, 1.82) is 0 Å². The molecule has 0 unspecified atom stereocenters. The molecule has 0 saturated heterocycles. The van der Waals surface area contributed by atoms with Gasteiger partial charge in [0.1, 0.15) is 24.1 Å². The fraction of sp³-hybridized carbons (Fsp3) is 0.174. The van der Waals surface area contributed by atoms with Gasteiger partial charge < -0.3 is 12.9 Å². The Hall–Kier alpha value is -3.02. The quantitative estimate of drug-likeness (QED) is 0.105. The molecule has 0 spiro atoms. The first-order valence-electron chi connectivity index (χ1n) is 9.91. The van der Waals surface area contributed by atoms with Crippen LogP contribution < -0.4 is 5.46 Å². The molecular weight excluding hydrogens is 503 g/mol. The van der Waals surface area contributed by atoms with Crippen molar-refractivity contribution in [2.45, 2.75) is 6.42 Å². The average molecular weight is 522 g/mol. The van der Waals surface area contributed by atoms with Crippen LogP contribution in [0.25, 0.3) is 0 Å². The number of rotatable bonds is 6. The second-order valence-corrected chi connectivity index (χ2v) is 11.1. The molecule has 3 rings (SSSR count). The minimum atomic E-state index is -6.30. The molecule has 2 nitrogen and oxygen atoms in total. The molecule has 3 aromatic carbocycles. The van der Waals surface area contributed by atoms with Gasteiger partial charge in [0.15, 0.2) is 23.2 Å². The van der Waals surface area contributed by atoms with Gasteiger partial charge in [0.2, 0.25) is 5.78 Å². The Kier molecular flexibility index (Phi) is 8.99. The largest absolute Gasteiger partial charge is 0.515 e. The zero-order chi connectivity index (χ0) is 26.6. The van der Waals surface area contributed by atoms with E-state index < -0.39 is 51.5 Å². The number of benzene rings is 3. The van der Waals surface area contributed by atoms with E-state index >= 15 is 0 Å². The number of hydrogen-bond donors (Lipinski definition) is 0. The van der Waals surface area contributed by atoms with Gasteiger partial charge in [0, 0.05) is 5.56 Å². The first-order valence-corrected chi connectivity index (χ1v) is 12.5. The van der Waals surface area contributed by atoms with E-state index in [1.807, 2.05) is 42.5 Å². The van der Waals surface area contributed by atoms with Crippen LogP contribution in [0.3, 0.4) is 0 Å². The standard InChI is InChI=1S/C17H19O2S.C6BF8/c1-20(2,19)13-17(18)16-10-8-15(9-11-16)12-14-6-4-3-5-7-14;8-2-1(7(13,14)15)3(9)5(11)6(12)4(2)10/h3-11H,12-13H2,1-2H3;/q+1;-1. The molecule has 0 aliphatic rings. The van der Waals surface area contributed by atoms with Crippen LogP contribution in [-0.4, -0.2) is 31.0 Å². The van der Waals surface area contributed by atoms with E-state index in [1.54, 1.807) is 12.5 Å². The maximum Gasteiger partial charge on any atom is 0.515 e. The van der Waals surface area contributed by atoms with E-state index in [1.165, 1.54) is 11.1 Å². The van der Waals surface area contributed by atoms with Crippen molar-refractivity contribution in [3.05, 3.63) is 100 Å². The molecule has 35 heavy (non-hydrogen) atoms. The molecule has 0 saturated carbocycles. The predicted octanol–water partition coefficient (Wildman–Crippen LogP) is 5.66. The predicted molar refractivity (Wildman–Crippen MR) is 120 cm³/mol. The molecule has 0 fully saturated rings. The lowest BCUT2D eigenvalue weighted by Crippen LogP contribution is -2.41. The van der Waals surface area contributed by atoms with Crippen molar-refractivity contribution in [2.24, 2.45) is 0 Å². The monoisotopic (exact) mass is 522 g/mol. The van der Waals surface area contributed by atoms with Crippen molar-refractivity contribution >= 4 is 28.2 Å². The Morgan fingerprint density at radius 1 is 0.714 bits per heavy atom. The second kappa shape index (κ2) is 11.2. The lowest BCUT2D eigenvalue weighted by atomic mass is 9.79. The number of carbonyl (C=O) groups excluding carboxylic acids is 1. The number of halogens is 8. The highest BCUT2D eigenvalue weighted by Crippen LogP contribution is 2.21. The number of Topliss-reactive ketones (excluding diaryl/α,β-unsaturated/α-hetero) is 1. The van der Waals surface area contributed by atoms with Crippen LogP contribution in [0.5, 0.6) is 0 Å². The number of ketones is 1. The minimum Gasteiger partial charge on any atom is -0.445 e. The summed E-state index contributed by atoms with van der Waals surface area (Å²) in [5, 5.41) is 0. The maximum absolute atomic E-state index is 12.5. The molecule has 0 aliphatic carbocycles. The van der Waals surface area contributed by atoms with Crippen LogP contribution in [0.2, 0.25) is 0 Å². The SMILES string of the molecule is C[S+](C)(=O)CC(=O)c1ccc(Cc2ccccc2)cc1.Fc1c(F)c(F)c([B-](F)(F)F)c(F)c1F. The lowest BCUT2D eigenvalue weighted by Gasteiger charge is -2.17. The number of hydrogen-bond acceptors (Lipinski definition) is 2. The molecule has 188 valence electrons. The van der Waals surface area contributed by atoms with Crippen LogP contribution in [0.1, 0.15) is 21.5 Å². The fourth-order valence-electron chi connectivity index (χ4n) is 2.95. The Morgan fingerprint density at radius 3 is 1.57 bits per heavy atom. The zero-order valence-electron chi connectivity index (χ0n) is 18.4. The summed E-state index contributed by atoms with van der Waals surface area (Å²) in [6.45, 7) is -6.30. The summed E-state index contributed by atoms with van der Waals surface area (Å²) in [7, 11) is -2.03. The van der Waals surface area contributed by atoms with Gasteiger partial charge in [-0.05, 0) is 23.0 Å². The first kappa shape index (κ1) is 28.2. The summed E-state index contributed by atoms with van der Waals surface area (Å²) >= 11 is 0. The average Bonchev–Trinajstić information content (AvgIpc) is 2.76. The molecule has 12 heteroatoms. The highest BCUT2D eigenvalue weighted by molar-refractivity contribution is 8.02. The van der Waals surface area contributed by atoms with Crippen LogP contribution in [0.15, 0.2) is 54.6 Å². The third-order valence-electron chi connectivity index (χ3n) is 4.58. The Morgan fingerprint density at radius 2 is 1.14 bits per heavy atom. The van der Waals surface area contributed by atoms with Crippen molar-refractivity contribution < 1.29 is 43.9 Å². The van der Waals surface area contributed by atoms with Crippen molar-refractivity contribution in [3.8, 4) is 0 Å². The summed E-state index contributed by atoms with van der Waals surface area (Å²) in [6.07, 6.45) is 4.09. The normalized spacial score (nSPS) is 11.6. The molecule has 0 amide bonds. The van der Waals surface area contributed by atoms with Gasteiger partial charge in [-0.15, -0.1) is 4.21 Å². The molecule has 3 aromatic rings. The smallest absolute Gasteiger partial charge is 0.445 e. The van der Waals surface area contributed by atoms with Gasteiger partial charge >= 0.3 is 6.98 Å². The fourth-order valence-corrected chi connectivity index (χ4v) is 3.75. The Balaban J connectivity index is 0.000000258. The van der Waals surface area contributed by atoms with Gasteiger partial charge in [0.25, 0.3) is 0 Å². The van der Waals surface area contributed by atoms with E-state index in [0.717, 1.165) is 6.42 Å².